The first kappa shape index (κ1) is 98.9. The van der Waals surface area contributed by atoms with Crippen molar-refractivity contribution in [1.82, 2.24) is 0 Å². The molecule has 0 amide bonds. The number of rotatable bonds is 74. The number of carbonyl (C=O) groups is 4. The number of ether oxygens (including phenoxy) is 4. The number of aliphatic hydroxyl groups excluding tert-OH is 1. The average Bonchev–Trinajstić information content (AvgIpc) is 0.939. The van der Waals surface area contributed by atoms with Crippen molar-refractivity contribution in [2.75, 3.05) is 39.6 Å². The zero-order chi connectivity index (χ0) is 76.0. The van der Waals surface area contributed by atoms with E-state index >= 15 is 0 Å². The molecule has 0 heterocycles. The highest BCUT2D eigenvalue weighted by Crippen LogP contribution is 2.45. The third-order valence-electron chi connectivity index (χ3n) is 16.2. The largest absolute Gasteiger partial charge is 0.472 e. The van der Waals surface area contributed by atoms with Crippen LogP contribution in [0.15, 0.2) is 146 Å². The van der Waals surface area contributed by atoms with Crippen molar-refractivity contribution in [3.63, 3.8) is 0 Å². The Kier molecular flexibility index (Phi) is 72.4. The molecule has 0 fully saturated rings. The summed E-state index contributed by atoms with van der Waals surface area (Å²) >= 11 is 0. The summed E-state index contributed by atoms with van der Waals surface area (Å²) in [4.78, 5) is 73.0. The summed E-state index contributed by atoms with van der Waals surface area (Å²) in [5, 5.41) is 10.6. The molecule has 104 heavy (non-hydrogen) atoms. The molecule has 3 N–H and O–H groups in total. The molecule has 0 saturated carbocycles. The number of carbonyl (C=O) groups excluding carboxylic acids is 4. The standard InChI is InChI=1S/C85H142O17P2/c1-5-9-13-17-21-25-29-33-36-38-39-41-44-47-50-54-58-62-66-70-83(88)95-75-80(101-84(89)71-67-63-59-55-51-45-32-28-24-20-16-12-8-4)77-99-103(91,92)97-73-79(86)74-98-104(93,94)100-78-81(102-85(90)72-68-64-60-56-52-48-42-35-31-27-23-19-15-11-7-3)76-96-82(87)69-65-61-57-53-49-46-43-40-37-34-30-26-22-18-14-10-6-2/h10,14,16,20-23,25-28,32-37,39,41-43,46,53,57,79-81,86H,5-9,11-13,15,17-19,24,29-31,38,40,44-45,47-52,54-56,58-78H2,1-4H3,(H,91,92)(H,93,94)/b14-10-,20-16-,25-21-,26-22-,27-23-,32-28-,36-33-,37-34-,41-39-,42-35-,46-43-,57-53-. The Hall–Kier alpha value is -5.06. The Morgan fingerprint density at radius 1 is 0.279 bits per heavy atom. The number of hydrogen-bond donors (Lipinski definition) is 3. The fraction of sp³-hybridized carbons (Fsp3) is 0.671. The van der Waals surface area contributed by atoms with Crippen molar-refractivity contribution in [2.45, 2.75) is 329 Å². The van der Waals surface area contributed by atoms with Gasteiger partial charge in [-0.15, -0.1) is 0 Å². The van der Waals surface area contributed by atoms with Gasteiger partial charge in [-0.2, -0.15) is 0 Å². The third kappa shape index (κ3) is 75.2. The van der Waals surface area contributed by atoms with Crippen molar-refractivity contribution in [3.05, 3.63) is 146 Å². The maximum absolute atomic E-state index is 13.1. The first-order chi connectivity index (χ1) is 50.7. The summed E-state index contributed by atoms with van der Waals surface area (Å²) in [6, 6.07) is 0. The van der Waals surface area contributed by atoms with Crippen LogP contribution in [0.3, 0.4) is 0 Å². The molecule has 17 nitrogen and oxygen atoms in total. The molecule has 0 spiro atoms. The van der Waals surface area contributed by atoms with Gasteiger partial charge < -0.3 is 33.8 Å². The Morgan fingerprint density at radius 2 is 0.529 bits per heavy atom. The molecular weight excluding hydrogens is 1350 g/mol. The summed E-state index contributed by atoms with van der Waals surface area (Å²) in [5.74, 6) is -2.29. The molecule has 0 aliphatic rings. The second-order valence-electron chi connectivity index (χ2n) is 26.3. The van der Waals surface area contributed by atoms with Crippen LogP contribution in [0.2, 0.25) is 0 Å². The van der Waals surface area contributed by atoms with Gasteiger partial charge >= 0.3 is 39.5 Å². The molecule has 5 atom stereocenters. The molecule has 19 heteroatoms. The molecule has 0 aromatic rings. The maximum atomic E-state index is 13.1. The van der Waals surface area contributed by atoms with Crippen LogP contribution in [-0.4, -0.2) is 96.7 Å². The van der Waals surface area contributed by atoms with Crippen LogP contribution in [0, 0.1) is 0 Å². The second kappa shape index (κ2) is 76.1. The number of aliphatic hydroxyl groups is 1. The predicted octanol–water partition coefficient (Wildman–Crippen LogP) is 23.4. The molecule has 0 bridgehead atoms. The van der Waals surface area contributed by atoms with Gasteiger partial charge in [0.2, 0.25) is 0 Å². The Morgan fingerprint density at radius 3 is 0.846 bits per heavy atom. The van der Waals surface area contributed by atoms with E-state index in [1.54, 1.807) is 0 Å². The fourth-order valence-electron chi connectivity index (χ4n) is 10.2. The third-order valence-corrected chi connectivity index (χ3v) is 18.1. The van der Waals surface area contributed by atoms with E-state index in [9.17, 15) is 43.2 Å². The number of phosphoric ester groups is 2. The van der Waals surface area contributed by atoms with Crippen LogP contribution in [0.25, 0.3) is 0 Å². The summed E-state index contributed by atoms with van der Waals surface area (Å²) < 4.78 is 68.5. The van der Waals surface area contributed by atoms with E-state index < -0.39 is 97.5 Å². The molecule has 594 valence electrons. The zero-order valence-electron chi connectivity index (χ0n) is 64.9. The minimum absolute atomic E-state index is 0.0624. The normalized spacial score (nSPS) is 14.6. The minimum atomic E-state index is -5.00. The van der Waals surface area contributed by atoms with E-state index in [-0.39, 0.29) is 25.7 Å². The van der Waals surface area contributed by atoms with E-state index in [2.05, 4.69) is 161 Å². The van der Waals surface area contributed by atoms with Gasteiger partial charge in [0.15, 0.2) is 12.2 Å². The van der Waals surface area contributed by atoms with Crippen molar-refractivity contribution < 1.29 is 80.2 Å². The Bertz CT molecular complexity index is 2540. The van der Waals surface area contributed by atoms with Crippen LogP contribution in [0.5, 0.6) is 0 Å². The number of esters is 4. The molecule has 0 radical (unpaired) electrons. The Balaban J connectivity index is 5.43. The van der Waals surface area contributed by atoms with Crippen LogP contribution in [-0.2, 0) is 65.4 Å². The van der Waals surface area contributed by atoms with Crippen LogP contribution in [0.1, 0.15) is 310 Å². The van der Waals surface area contributed by atoms with Gasteiger partial charge in [0.1, 0.15) is 19.3 Å². The van der Waals surface area contributed by atoms with Gasteiger partial charge in [-0.3, -0.25) is 37.3 Å². The molecule has 0 aliphatic heterocycles. The lowest BCUT2D eigenvalue weighted by Gasteiger charge is -2.21. The summed E-state index contributed by atoms with van der Waals surface area (Å²) in [6.07, 6.45) is 86.9. The average molecular weight is 1500 g/mol. The van der Waals surface area contributed by atoms with E-state index in [4.69, 9.17) is 37.0 Å². The summed E-state index contributed by atoms with van der Waals surface area (Å²) in [6.45, 7) is 4.53. The van der Waals surface area contributed by atoms with Gasteiger partial charge in [0.25, 0.3) is 0 Å². The van der Waals surface area contributed by atoms with Crippen LogP contribution >= 0.6 is 15.6 Å². The smallest absolute Gasteiger partial charge is 0.462 e. The lowest BCUT2D eigenvalue weighted by atomic mass is 10.1. The maximum Gasteiger partial charge on any atom is 0.472 e. The van der Waals surface area contributed by atoms with Gasteiger partial charge in [-0.25, -0.2) is 9.13 Å². The lowest BCUT2D eigenvalue weighted by molar-refractivity contribution is -0.161. The Labute approximate surface area is 630 Å². The topological polar surface area (TPSA) is 237 Å². The highest BCUT2D eigenvalue weighted by molar-refractivity contribution is 7.47. The fourth-order valence-corrected chi connectivity index (χ4v) is 11.7. The van der Waals surface area contributed by atoms with E-state index in [0.29, 0.717) is 32.1 Å². The van der Waals surface area contributed by atoms with Crippen molar-refractivity contribution in [3.8, 4) is 0 Å². The monoisotopic (exact) mass is 1500 g/mol. The molecule has 0 saturated heterocycles. The van der Waals surface area contributed by atoms with E-state index in [1.807, 2.05) is 12.2 Å². The van der Waals surface area contributed by atoms with Gasteiger partial charge in [0.05, 0.1) is 26.4 Å². The molecule has 0 aromatic heterocycles. The van der Waals surface area contributed by atoms with Gasteiger partial charge in [-0.05, 0) is 161 Å². The van der Waals surface area contributed by atoms with Crippen LogP contribution in [0.4, 0.5) is 0 Å². The second-order valence-corrected chi connectivity index (χ2v) is 29.2. The first-order valence-corrected chi connectivity index (χ1v) is 43.1. The van der Waals surface area contributed by atoms with Gasteiger partial charge in [-0.1, -0.05) is 270 Å². The molecule has 5 unspecified atom stereocenters. The number of hydrogen-bond acceptors (Lipinski definition) is 15. The number of allylic oxidation sites excluding steroid dienone is 24. The SMILES string of the molecule is CC/C=C\C/C=C\C/C=C\C/C=C\C/C=C\CCCC(=O)OCC(COP(=O)(O)OCC(O)COP(=O)(O)OCC(COC(=O)CCCCCCCC/C=C\C/C=C\C/C=C\CCCCC)OC(=O)CCCCCCC/C=C\C/C=C\CCC)OC(=O)CCCCCCC/C=C\C/C=C\CCCCC. The summed E-state index contributed by atoms with van der Waals surface area (Å²) in [7, 11) is -9.99. The van der Waals surface area contributed by atoms with Crippen molar-refractivity contribution in [2.24, 2.45) is 0 Å². The highest BCUT2D eigenvalue weighted by atomic mass is 31.2. The minimum Gasteiger partial charge on any atom is -0.462 e. The molecule has 0 aromatic carbocycles. The number of unbranched alkanes of at least 4 members (excludes halogenated alkanes) is 24. The van der Waals surface area contributed by atoms with E-state index in [1.165, 1.54) is 38.5 Å². The predicted molar refractivity (Wildman–Crippen MR) is 427 cm³/mol. The molecular formula is C85H142O17P2. The quantitative estimate of drug-likeness (QED) is 0.0169. The van der Waals surface area contributed by atoms with E-state index in [0.717, 1.165) is 186 Å². The molecule has 0 rings (SSSR count). The lowest BCUT2D eigenvalue weighted by Crippen LogP contribution is -2.30. The number of phosphoric acid groups is 2. The zero-order valence-corrected chi connectivity index (χ0v) is 66.7. The van der Waals surface area contributed by atoms with Crippen LogP contribution < -0.4 is 0 Å². The van der Waals surface area contributed by atoms with Gasteiger partial charge in [0, 0.05) is 25.7 Å². The molecule has 0 aliphatic carbocycles. The van der Waals surface area contributed by atoms with Crippen molar-refractivity contribution >= 4 is 39.5 Å². The highest BCUT2D eigenvalue weighted by Gasteiger charge is 2.30. The summed E-state index contributed by atoms with van der Waals surface area (Å²) in [5.41, 5.74) is 0. The van der Waals surface area contributed by atoms with Crippen molar-refractivity contribution in [1.29, 1.82) is 0 Å². The first-order valence-electron chi connectivity index (χ1n) is 40.1.